The van der Waals surface area contributed by atoms with Crippen LogP contribution in [0.15, 0.2) is 18.2 Å². The predicted molar refractivity (Wildman–Crippen MR) is 72.0 cm³/mol. The molecule has 1 N–H and O–H groups in total. The van der Waals surface area contributed by atoms with Gasteiger partial charge in [0.2, 0.25) is 0 Å². The van der Waals surface area contributed by atoms with Crippen molar-refractivity contribution in [2.24, 2.45) is 0 Å². The van der Waals surface area contributed by atoms with Crippen LogP contribution in [0.5, 0.6) is 5.75 Å². The molecule has 1 saturated heterocycles. The first-order valence-corrected chi connectivity index (χ1v) is 6.44. The Morgan fingerprint density at radius 2 is 2.26 bits per heavy atom. The average Bonchev–Trinajstić information content (AvgIpc) is 2.40. The van der Waals surface area contributed by atoms with E-state index in [1.165, 1.54) is 6.07 Å². The lowest BCUT2D eigenvalue weighted by Crippen LogP contribution is -2.49. The van der Waals surface area contributed by atoms with Crippen LogP contribution >= 0.6 is 0 Å². The molecule has 19 heavy (non-hydrogen) atoms. The Bertz CT molecular complexity index is 420. The van der Waals surface area contributed by atoms with E-state index in [2.05, 4.69) is 10.2 Å². The lowest BCUT2D eigenvalue weighted by molar-refractivity contribution is 0.0453. The van der Waals surface area contributed by atoms with Gasteiger partial charge in [-0.2, -0.15) is 0 Å². The molecular formula is C14H21FN2O2. The summed E-state index contributed by atoms with van der Waals surface area (Å²) in [5, 5.41) is 3.43. The Hall–Kier alpha value is -1.17. The van der Waals surface area contributed by atoms with Crippen LogP contribution in [0.1, 0.15) is 11.6 Å². The van der Waals surface area contributed by atoms with Crippen molar-refractivity contribution in [1.82, 2.24) is 10.2 Å². The fraction of sp³-hybridized carbons (Fsp3) is 0.571. The molecule has 1 aromatic carbocycles. The van der Waals surface area contributed by atoms with Crippen molar-refractivity contribution < 1.29 is 13.9 Å². The molecule has 106 valence electrons. The number of morpholine rings is 1. The number of halogens is 1. The molecule has 2 rings (SSSR count). The third-order valence-corrected chi connectivity index (χ3v) is 3.40. The molecule has 0 amide bonds. The van der Waals surface area contributed by atoms with Gasteiger partial charge >= 0.3 is 0 Å². The summed E-state index contributed by atoms with van der Waals surface area (Å²) in [5.41, 5.74) is 0.843. The van der Waals surface area contributed by atoms with Crippen molar-refractivity contribution in [2.45, 2.75) is 12.1 Å². The van der Waals surface area contributed by atoms with E-state index in [1.807, 2.05) is 14.1 Å². The number of hydrogen-bond donors (Lipinski definition) is 1. The standard InChI is InChI=1S/C14H21FN2O2/c1-17(2)14(12-9-19-7-6-16-12)11-8-10(15)4-5-13(11)18-3/h4-5,8,12,14,16H,6-7,9H2,1-3H3. The maximum Gasteiger partial charge on any atom is 0.123 e. The highest BCUT2D eigenvalue weighted by molar-refractivity contribution is 5.37. The van der Waals surface area contributed by atoms with Crippen molar-refractivity contribution in [3.05, 3.63) is 29.6 Å². The summed E-state index contributed by atoms with van der Waals surface area (Å²) in [6.45, 7) is 2.14. The zero-order valence-electron chi connectivity index (χ0n) is 11.6. The summed E-state index contributed by atoms with van der Waals surface area (Å²) in [5.74, 6) is 0.451. The predicted octanol–water partition coefficient (Wildman–Crippen LogP) is 1.43. The molecule has 0 radical (unpaired) electrons. The highest BCUT2D eigenvalue weighted by Gasteiger charge is 2.29. The number of likely N-dealkylation sites (N-methyl/N-ethyl adjacent to an activating group) is 1. The zero-order valence-corrected chi connectivity index (χ0v) is 11.6. The number of methoxy groups -OCH3 is 1. The van der Waals surface area contributed by atoms with Gasteiger partial charge in [-0.1, -0.05) is 0 Å². The lowest BCUT2D eigenvalue weighted by Gasteiger charge is -2.36. The van der Waals surface area contributed by atoms with Gasteiger partial charge in [0.15, 0.2) is 0 Å². The Balaban J connectivity index is 2.34. The van der Waals surface area contributed by atoms with Crippen LogP contribution in [-0.2, 0) is 4.74 Å². The number of benzene rings is 1. The molecule has 0 spiro atoms. The van der Waals surface area contributed by atoms with Crippen molar-refractivity contribution in [3.63, 3.8) is 0 Å². The average molecular weight is 268 g/mol. The largest absolute Gasteiger partial charge is 0.496 e. The van der Waals surface area contributed by atoms with Gasteiger partial charge in [0.05, 0.1) is 32.4 Å². The smallest absolute Gasteiger partial charge is 0.123 e. The molecule has 0 bridgehead atoms. The van der Waals surface area contributed by atoms with Crippen molar-refractivity contribution in [1.29, 1.82) is 0 Å². The molecule has 1 aliphatic rings. The molecule has 1 heterocycles. The first-order chi connectivity index (χ1) is 9.13. The van der Waals surface area contributed by atoms with E-state index in [9.17, 15) is 4.39 Å². The molecule has 0 aromatic heterocycles. The van der Waals surface area contributed by atoms with Gasteiger partial charge in [0.25, 0.3) is 0 Å². The van der Waals surface area contributed by atoms with E-state index >= 15 is 0 Å². The van der Waals surface area contributed by atoms with Crippen LogP contribution < -0.4 is 10.1 Å². The van der Waals surface area contributed by atoms with Crippen LogP contribution in [0.3, 0.4) is 0 Å². The number of ether oxygens (including phenoxy) is 2. The summed E-state index contributed by atoms with van der Waals surface area (Å²) >= 11 is 0. The van der Waals surface area contributed by atoms with Crippen LogP contribution in [0.2, 0.25) is 0 Å². The second-order valence-corrected chi connectivity index (χ2v) is 4.93. The summed E-state index contributed by atoms with van der Waals surface area (Å²) in [6.07, 6.45) is 0. The Morgan fingerprint density at radius 3 is 2.84 bits per heavy atom. The van der Waals surface area contributed by atoms with Crippen LogP contribution in [0.25, 0.3) is 0 Å². The highest BCUT2D eigenvalue weighted by Crippen LogP contribution is 2.31. The second kappa shape index (κ2) is 6.32. The van der Waals surface area contributed by atoms with Gasteiger partial charge in [-0.25, -0.2) is 4.39 Å². The van der Waals surface area contributed by atoms with Gasteiger partial charge in [0.1, 0.15) is 11.6 Å². The Kier molecular flexibility index (Phi) is 4.74. The molecule has 0 saturated carbocycles. The topological polar surface area (TPSA) is 33.7 Å². The van der Waals surface area contributed by atoms with Gasteiger partial charge in [-0.05, 0) is 32.3 Å². The minimum Gasteiger partial charge on any atom is -0.496 e. The summed E-state index contributed by atoms with van der Waals surface area (Å²) < 4.78 is 24.4. The third kappa shape index (κ3) is 3.23. The van der Waals surface area contributed by atoms with E-state index in [0.717, 1.165) is 18.7 Å². The zero-order chi connectivity index (χ0) is 13.8. The highest BCUT2D eigenvalue weighted by atomic mass is 19.1. The van der Waals surface area contributed by atoms with E-state index < -0.39 is 0 Å². The molecule has 4 nitrogen and oxygen atoms in total. The van der Waals surface area contributed by atoms with Gasteiger partial charge < -0.3 is 19.7 Å². The minimum absolute atomic E-state index is 0.00551. The van der Waals surface area contributed by atoms with E-state index in [1.54, 1.807) is 19.2 Å². The molecule has 5 heteroatoms. The fourth-order valence-corrected chi connectivity index (χ4v) is 2.58. The number of hydrogen-bond acceptors (Lipinski definition) is 4. The second-order valence-electron chi connectivity index (χ2n) is 4.93. The van der Waals surface area contributed by atoms with E-state index in [4.69, 9.17) is 9.47 Å². The van der Waals surface area contributed by atoms with Crippen LogP contribution in [0.4, 0.5) is 4.39 Å². The minimum atomic E-state index is -0.251. The lowest BCUT2D eigenvalue weighted by atomic mass is 9.97. The molecule has 1 aliphatic heterocycles. The first-order valence-electron chi connectivity index (χ1n) is 6.44. The summed E-state index contributed by atoms with van der Waals surface area (Å²) in [6, 6.07) is 4.76. The fourth-order valence-electron chi connectivity index (χ4n) is 2.58. The molecule has 2 unspecified atom stereocenters. The van der Waals surface area contributed by atoms with Crippen LogP contribution in [0, 0.1) is 5.82 Å². The van der Waals surface area contributed by atoms with Crippen molar-refractivity contribution in [3.8, 4) is 5.75 Å². The molecule has 0 aliphatic carbocycles. The monoisotopic (exact) mass is 268 g/mol. The van der Waals surface area contributed by atoms with E-state index in [0.29, 0.717) is 12.4 Å². The quantitative estimate of drug-likeness (QED) is 0.895. The number of nitrogens with zero attached hydrogens (tertiary/aromatic N) is 1. The molecule has 1 aromatic rings. The van der Waals surface area contributed by atoms with E-state index in [-0.39, 0.29) is 17.9 Å². The third-order valence-electron chi connectivity index (χ3n) is 3.40. The SMILES string of the molecule is COc1ccc(F)cc1C(C1COCCN1)N(C)C. The molecule has 2 atom stereocenters. The molecular weight excluding hydrogens is 247 g/mol. The van der Waals surface area contributed by atoms with Gasteiger partial charge in [-0.3, -0.25) is 0 Å². The van der Waals surface area contributed by atoms with Gasteiger partial charge in [-0.15, -0.1) is 0 Å². The summed E-state index contributed by atoms with van der Waals surface area (Å²) in [7, 11) is 5.56. The number of rotatable bonds is 4. The van der Waals surface area contributed by atoms with Crippen LogP contribution in [-0.4, -0.2) is 51.9 Å². The maximum absolute atomic E-state index is 13.5. The van der Waals surface area contributed by atoms with Gasteiger partial charge in [0, 0.05) is 12.1 Å². The number of nitrogens with one attached hydrogen (secondary N) is 1. The summed E-state index contributed by atoms with van der Waals surface area (Å²) in [4.78, 5) is 2.06. The van der Waals surface area contributed by atoms with Crippen molar-refractivity contribution in [2.75, 3.05) is 41.0 Å². The molecule has 1 fully saturated rings. The first kappa shape index (κ1) is 14.2. The van der Waals surface area contributed by atoms with Crippen molar-refractivity contribution >= 4 is 0 Å². The Labute approximate surface area is 113 Å². The normalized spacial score (nSPS) is 21.4. The Morgan fingerprint density at radius 1 is 1.47 bits per heavy atom. The maximum atomic E-state index is 13.5.